The van der Waals surface area contributed by atoms with Crippen LogP contribution in [0.2, 0.25) is 5.02 Å². The Balaban J connectivity index is 2.46. The minimum absolute atomic E-state index is 0.535. The standard InChI is InChI=1S/C12H14ClNOS/c1-2-16-7-3-6-15-12-8-11(13)5-4-10(12)9-14/h4-5,8H,2-3,6-7H2,1H3. The van der Waals surface area contributed by atoms with Crippen LogP contribution in [-0.4, -0.2) is 18.1 Å². The third kappa shape index (κ3) is 4.34. The van der Waals surface area contributed by atoms with Crippen molar-refractivity contribution >= 4 is 23.4 Å². The molecule has 0 radical (unpaired) electrons. The average molecular weight is 256 g/mol. The van der Waals surface area contributed by atoms with Crippen molar-refractivity contribution < 1.29 is 4.74 Å². The van der Waals surface area contributed by atoms with E-state index in [4.69, 9.17) is 21.6 Å². The number of nitrogens with zero attached hydrogens (tertiary/aromatic N) is 1. The molecule has 0 bridgehead atoms. The summed E-state index contributed by atoms with van der Waals surface area (Å²) in [5, 5.41) is 9.47. The van der Waals surface area contributed by atoms with Gasteiger partial charge in [-0.1, -0.05) is 18.5 Å². The summed E-state index contributed by atoms with van der Waals surface area (Å²) in [6.45, 7) is 2.76. The largest absolute Gasteiger partial charge is 0.492 e. The molecule has 0 fully saturated rings. The van der Waals surface area contributed by atoms with Crippen LogP contribution >= 0.6 is 23.4 Å². The van der Waals surface area contributed by atoms with Gasteiger partial charge < -0.3 is 4.74 Å². The Hall–Kier alpha value is -0.850. The predicted molar refractivity (Wildman–Crippen MR) is 69.3 cm³/mol. The molecule has 0 saturated heterocycles. The lowest BCUT2D eigenvalue weighted by molar-refractivity contribution is 0.318. The molecule has 0 unspecified atom stereocenters. The Morgan fingerprint density at radius 2 is 2.31 bits per heavy atom. The van der Waals surface area contributed by atoms with Crippen LogP contribution < -0.4 is 4.74 Å². The van der Waals surface area contributed by atoms with Gasteiger partial charge in [0.25, 0.3) is 0 Å². The van der Waals surface area contributed by atoms with Gasteiger partial charge in [-0.25, -0.2) is 0 Å². The summed E-state index contributed by atoms with van der Waals surface area (Å²) in [6, 6.07) is 7.15. The molecule has 0 amide bonds. The highest BCUT2D eigenvalue weighted by molar-refractivity contribution is 7.99. The Morgan fingerprint density at radius 1 is 1.50 bits per heavy atom. The van der Waals surface area contributed by atoms with Crippen molar-refractivity contribution in [3.63, 3.8) is 0 Å². The highest BCUT2D eigenvalue weighted by atomic mass is 35.5. The van der Waals surface area contributed by atoms with E-state index >= 15 is 0 Å². The Kier molecular flexibility index (Phi) is 6.14. The molecule has 0 heterocycles. The zero-order chi connectivity index (χ0) is 11.8. The van der Waals surface area contributed by atoms with Crippen molar-refractivity contribution in [2.45, 2.75) is 13.3 Å². The van der Waals surface area contributed by atoms with E-state index in [-0.39, 0.29) is 0 Å². The molecule has 1 aromatic carbocycles. The summed E-state index contributed by atoms with van der Waals surface area (Å²) >= 11 is 7.73. The summed E-state index contributed by atoms with van der Waals surface area (Å²) in [4.78, 5) is 0. The third-order valence-corrected chi connectivity index (χ3v) is 3.18. The highest BCUT2D eigenvalue weighted by Gasteiger charge is 2.03. The lowest BCUT2D eigenvalue weighted by Gasteiger charge is -2.07. The SMILES string of the molecule is CCSCCCOc1cc(Cl)ccc1C#N. The minimum atomic E-state index is 0.535. The van der Waals surface area contributed by atoms with Gasteiger partial charge in [0.05, 0.1) is 12.2 Å². The maximum Gasteiger partial charge on any atom is 0.138 e. The van der Waals surface area contributed by atoms with E-state index in [2.05, 4.69) is 13.0 Å². The van der Waals surface area contributed by atoms with Gasteiger partial charge in [-0.2, -0.15) is 17.0 Å². The Morgan fingerprint density at radius 3 is 3.00 bits per heavy atom. The van der Waals surface area contributed by atoms with Crippen LogP contribution in [0.3, 0.4) is 0 Å². The van der Waals surface area contributed by atoms with E-state index in [1.807, 2.05) is 11.8 Å². The fraction of sp³-hybridized carbons (Fsp3) is 0.417. The van der Waals surface area contributed by atoms with E-state index < -0.39 is 0 Å². The number of ether oxygens (including phenoxy) is 1. The molecule has 0 aromatic heterocycles. The van der Waals surface area contributed by atoms with Crippen LogP contribution in [-0.2, 0) is 0 Å². The summed E-state index contributed by atoms with van der Waals surface area (Å²) in [6.07, 6.45) is 0.982. The van der Waals surface area contributed by atoms with Crippen molar-refractivity contribution in [3.05, 3.63) is 28.8 Å². The molecule has 1 aromatic rings. The van der Waals surface area contributed by atoms with Crippen molar-refractivity contribution in [2.24, 2.45) is 0 Å². The quantitative estimate of drug-likeness (QED) is 0.726. The van der Waals surface area contributed by atoms with Crippen LogP contribution in [0.15, 0.2) is 18.2 Å². The molecule has 0 spiro atoms. The summed E-state index contributed by atoms with van der Waals surface area (Å²) < 4.78 is 5.54. The van der Waals surface area contributed by atoms with Gasteiger partial charge in [0.15, 0.2) is 0 Å². The predicted octanol–water partition coefficient (Wildman–Crippen LogP) is 3.73. The third-order valence-electron chi connectivity index (χ3n) is 1.96. The monoisotopic (exact) mass is 255 g/mol. The number of halogens is 1. The smallest absolute Gasteiger partial charge is 0.138 e. The number of rotatable bonds is 6. The van der Waals surface area contributed by atoms with Gasteiger partial charge in [0, 0.05) is 11.1 Å². The molecule has 0 N–H and O–H groups in total. The molecule has 4 heteroatoms. The molecule has 0 aliphatic heterocycles. The summed E-state index contributed by atoms with van der Waals surface area (Å²) in [5.41, 5.74) is 0.535. The van der Waals surface area contributed by atoms with Crippen LogP contribution in [0.4, 0.5) is 0 Å². The zero-order valence-corrected chi connectivity index (χ0v) is 10.8. The molecule has 0 aliphatic rings. The maximum atomic E-state index is 8.87. The van der Waals surface area contributed by atoms with E-state index in [0.29, 0.717) is 22.9 Å². The van der Waals surface area contributed by atoms with Crippen LogP contribution in [0.1, 0.15) is 18.9 Å². The van der Waals surface area contributed by atoms with Crippen LogP contribution in [0, 0.1) is 11.3 Å². The first-order valence-electron chi connectivity index (χ1n) is 5.18. The normalized spacial score (nSPS) is 9.81. The Bertz CT molecular complexity index is 376. The van der Waals surface area contributed by atoms with Crippen molar-refractivity contribution in [2.75, 3.05) is 18.1 Å². The van der Waals surface area contributed by atoms with E-state index in [1.54, 1.807) is 18.2 Å². The van der Waals surface area contributed by atoms with Crippen molar-refractivity contribution in [3.8, 4) is 11.8 Å². The molecule has 16 heavy (non-hydrogen) atoms. The minimum Gasteiger partial charge on any atom is -0.492 e. The summed E-state index contributed by atoms with van der Waals surface area (Å²) in [7, 11) is 0. The molecule has 0 saturated carbocycles. The van der Waals surface area contributed by atoms with E-state index in [1.165, 1.54) is 0 Å². The van der Waals surface area contributed by atoms with Crippen molar-refractivity contribution in [1.82, 2.24) is 0 Å². The number of nitriles is 1. The van der Waals surface area contributed by atoms with Crippen LogP contribution in [0.5, 0.6) is 5.75 Å². The first-order chi connectivity index (χ1) is 7.77. The molecule has 0 aliphatic carbocycles. The second-order valence-corrected chi connectivity index (χ2v) is 4.98. The van der Waals surface area contributed by atoms with Gasteiger partial charge in [-0.05, 0) is 30.1 Å². The molecular weight excluding hydrogens is 242 g/mol. The number of hydrogen-bond acceptors (Lipinski definition) is 3. The fourth-order valence-corrected chi connectivity index (χ4v) is 1.97. The first-order valence-corrected chi connectivity index (χ1v) is 6.71. The van der Waals surface area contributed by atoms with Gasteiger partial charge in [0.2, 0.25) is 0 Å². The molecule has 0 atom stereocenters. The van der Waals surface area contributed by atoms with Crippen LogP contribution in [0.25, 0.3) is 0 Å². The maximum absolute atomic E-state index is 8.87. The molecule has 2 nitrogen and oxygen atoms in total. The number of benzene rings is 1. The van der Waals surface area contributed by atoms with Gasteiger partial charge >= 0.3 is 0 Å². The van der Waals surface area contributed by atoms with Gasteiger partial charge in [-0.3, -0.25) is 0 Å². The van der Waals surface area contributed by atoms with E-state index in [9.17, 15) is 0 Å². The second kappa shape index (κ2) is 7.43. The zero-order valence-electron chi connectivity index (χ0n) is 9.20. The molecular formula is C12H14ClNOS. The first kappa shape index (κ1) is 13.2. The fourth-order valence-electron chi connectivity index (χ4n) is 1.20. The average Bonchev–Trinajstić information content (AvgIpc) is 2.29. The van der Waals surface area contributed by atoms with Gasteiger partial charge in [-0.15, -0.1) is 0 Å². The lowest BCUT2D eigenvalue weighted by atomic mass is 10.2. The highest BCUT2D eigenvalue weighted by Crippen LogP contribution is 2.22. The second-order valence-electron chi connectivity index (χ2n) is 3.15. The van der Waals surface area contributed by atoms with E-state index in [0.717, 1.165) is 17.9 Å². The Labute approximate surface area is 106 Å². The van der Waals surface area contributed by atoms with Crippen molar-refractivity contribution in [1.29, 1.82) is 5.26 Å². The van der Waals surface area contributed by atoms with Gasteiger partial charge in [0.1, 0.15) is 11.8 Å². The summed E-state index contributed by atoms with van der Waals surface area (Å²) in [5.74, 6) is 2.79. The molecule has 86 valence electrons. The lowest BCUT2D eigenvalue weighted by Crippen LogP contribution is -2.00. The topological polar surface area (TPSA) is 33.0 Å². The number of thioether (sulfide) groups is 1. The number of hydrogen-bond donors (Lipinski definition) is 0. The molecule has 1 rings (SSSR count).